The number of hydrogen-bond acceptors (Lipinski definition) is 7. The molecule has 2 saturated carbocycles. The van der Waals surface area contributed by atoms with Gasteiger partial charge in [0.25, 0.3) is 0 Å². The van der Waals surface area contributed by atoms with Gasteiger partial charge in [-0.2, -0.15) is 10.6 Å². The number of anilines is 2. The second kappa shape index (κ2) is 10.3. The van der Waals surface area contributed by atoms with E-state index in [1.165, 1.54) is 12.1 Å². The predicted octanol–water partition coefficient (Wildman–Crippen LogP) is 5.90. The summed E-state index contributed by atoms with van der Waals surface area (Å²) in [5.74, 6) is 0.610. The molecule has 0 unspecified atom stereocenters. The van der Waals surface area contributed by atoms with E-state index in [1.54, 1.807) is 25.1 Å². The van der Waals surface area contributed by atoms with Gasteiger partial charge in [0.15, 0.2) is 5.82 Å². The zero-order valence-electron chi connectivity index (χ0n) is 22.6. The molecule has 1 aromatic heterocycles. The number of urea groups is 1. The van der Waals surface area contributed by atoms with Crippen LogP contribution in [0.2, 0.25) is 0 Å². The first-order valence-electron chi connectivity index (χ1n) is 13.6. The molecule has 0 radical (unpaired) electrons. The van der Waals surface area contributed by atoms with Crippen molar-refractivity contribution in [3.05, 3.63) is 65.6 Å². The molecule has 6 rings (SSSR count). The van der Waals surface area contributed by atoms with Crippen LogP contribution in [0.25, 0.3) is 11.4 Å². The van der Waals surface area contributed by atoms with E-state index >= 15 is 0 Å². The minimum atomic E-state index is -3.45. The monoisotopic (exact) mass is 567 g/mol. The fourth-order valence-corrected chi connectivity index (χ4v) is 7.47. The molecule has 2 heterocycles. The normalized spacial score (nSPS) is 20.6. The Morgan fingerprint density at radius 2 is 1.88 bits per heavy atom. The number of aryl methyl sites for hydroxylation is 1. The van der Waals surface area contributed by atoms with E-state index in [4.69, 9.17) is 14.7 Å². The number of aromatic nitrogens is 2. The number of amides is 2. The fourth-order valence-electron chi connectivity index (χ4n) is 5.19. The SMILES string of the molecule is Cc1ccc(F)cc1S(O)(O)C1(c2cc(N3CCOC[C@@H]3C)nc(-c3ccc(NC(=O)NC4CC4)cc3)n2)CC1. The third-order valence-electron chi connectivity index (χ3n) is 7.86. The molecule has 3 aromatic rings. The van der Waals surface area contributed by atoms with E-state index in [0.29, 0.717) is 61.2 Å². The average molecular weight is 568 g/mol. The Labute approximate surface area is 234 Å². The van der Waals surface area contributed by atoms with Gasteiger partial charge in [0.05, 0.1) is 29.8 Å². The summed E-state index contributed by atoms with van der Waals surface area (Å²) in [5.41, 5.74) is 2.53. The lowest BCUT2D eigenvalue weighted by Crippen LogP contribution is -2.44. The lowest BCUT2D eigenvalue weighted by Gasteiger charge is -2.42. The summed E-state index contributed by atoms with van der Waals surface area (Å²) in [6.07, 6.45) is 3.04. The molecule has 11 heteroatoms. The van der Waals surface area contributed by atoms with Gasteiger partial charge in [-0.05, 0) is 81.5 Å². The molecule has 9 nitrogen and oxygen atoms in total. The van der Waals surface area contributed by atoms with Crippen LogP contribution in [-0.2, 0) is 9.48 Å². The molecular formula is C29H34FN5O4S. The number of carbonyl (C=O) groups excluding carboxylic acids is 1. The number of carbonyl (C=O) groups is 1. The van der Waals surface area contributed by atoms with Crippen molar-refractivity contribution in [2.75, 3.05) is 30.0 Å². The third kappa shape index (κ3) is 5.14. The van der Waals surface area contributed by atoms with E-state index < -0.39 is 21.2 Å². The summed E-state index contributed by atoms with van der Waals surface area (Å²) < 4.78 is 42.2. The number of halogens is 1. The standard InChI is InChI=1S/C29H34FN5O4S/c1-18-3-6-21(30)15-24(18)40(37,38)29(11-12-29)25-16-26(35-13-14-39-17-19(35)2)34-27(33-25)20-4-7-22(8-5-20)31-28(36)32-23-9-10-23/h3-8,15-16,19,23,37-38H,9-14,17H2,1-2H3,(H2,31,32,36)/t19-/m0/s1. The minimum Gasteiger partial charge on any atom is -0.377 e. The summed E-state index contributed by atoms with van der Waals surface area (Å²) in [7, 11) is -3.45. The number of rotatable bonds is 7. The van der Waals surface area contributed by atoms with Crippen LogP contribution in [0.3, 0.4) is 0 Å². The Morgan fingerprint density at radius 1 is 1.12 bits per heavy atom. The van der Waals surface area contributed by atoms with Crippen LogP contribution < -0.4 is 15.5 Å². The van der Waals surface area contributed by atoms with Crippen molar-refractivity contribution in [2.24, 2.45) is 0 Å². The highest BCUT2D eigenvalue weighted by Crippen LogP contribution is 2.75. The number of nitrogens with one attached hydrogen (secondary N) is 2. The van der Waals surface area contributed by atoms with E-state index in [9.17, 15) is 18.3 Å². The maximum atomic E-state index is 14.2. The summed E-state index contributed by atoms with van der Waals surface area (Å²) in [6, 6.07) is 13.3. The molecule has 2 aliphatic carbocycles. The number of benzene rings is 2. The maximum absolute atomic E-state index is 14.2. The quantitative estimate of drug-likeness (QED) is 0.281. The largest absolute Gasteiger partial charge is 0.377 e. The second-order valence-corrected chi connectivity index (χ2v) is 13.3. The van der Waals surface area contributed by atoms with Gasteiger partial charge in [0, 0.05) is 29.9 Å². The van der Waals surface area contributed by atoms with Crippen LogP contribution in [0.1, 0.15) is 43.9 Å². The Morgan fingerprint density at radius 3 is 2.55 bits per heavy atom. The van der Waals surface area contributed by atoms with Gasteiger partial charge in [-0.15, -0.1) is 0 Å². The molecule has 1 atom stereocenters. The van der Waals surface area contributed by atoms with Gasteiger partial charge < -0.3 is 20.3 Å². The highest BCUT2D eigenvalue weighted by molar-refractivity contribution is 8.25. The van der Waals surface area contributed by atoms with Crippen molar-refractivity contribution in [1.29, 1.82) is 0 Å². The van der Waals surface area contributed by atoms with Gasteiger partial charge in [0.1, 0.15) is 16.4 Å². The number of nitrogens with zero attached hydrogens (tertiary/aromatic N) is 3. The van der Waals surface area contributed by atoms with Gasteiger partial charge in [-0.1, -0.05) is 6.07 Å². The van der Waals surface area contributed by atoms with Crippen LogP contribution in [0, 0.1) is 12.7 Å². The van der Waals surface area contributed by atoms with Crippen LogP contribution in [0.15, 0.2) is 53.4 Å². The van der Waals surface area contributed by atoms with Crippen molar-refractivity contribution in [2.45, 2.75) is 61.3 Å². The topological polar surface area (TPSA) is 120 Å². The van der Waals surface area contributed by atoms with Gasteiger partial charge in [0.2, 0.25) is 0 Å². The lowest BCUT2D eigenvalue weighted by molar-refractivity contribution is 0.0985. The second-order valence-electron chi connectivity index (χ2n) is 11.0. The van der Waals surface area contributed by atoms with E-state index in [1.807, 2.05) is 18.2 Å². The van der Waals surface area contributed by atoms with Gasteiger partial charge >= 0.3 is 6.03 Å². The molecule has 3 aliphatic rings. The smallest absolute Gasteiger partial charge is 0.319 e. The molecule has 0 bridgehead atoms. The molecule has 2 aromatic carbocycles. The van der Waals surface area contributed by atoms with Crippen molar-refractivity contribution in [3.8, 4) is 11.4 Å². The van der Waals surface area contributed by atoms with Crippen LogP contribution in [0.5, 0.6) is 0 Å². The molecule has 2 amide bonds. The molecule has 1 saturated heterocycles. The van der Waals surface area contributed by atoms with Crippen molar-refractivity contribution >= 4 is 28.1 Å². The van der Waals surface area contributed by atoms with E-state index in [2.05, 4.69) is 22.5 Å². The fraction of sp³-hybridized carbons (Fsp3) is 0.414. The summed E-state index contributed by atoms with van der Waals surface area (Å²) in [6.45, 7) is 5.57. The average Bonchev–Trinajstić information content (AvgIpc) is 3.86. The minimum absolute atomic E-state index is 0.0712. The number of ether oxygens (including phenoxy) is 1. The first kappa shape index (κ1) is 26.9. The summed E-state index contributed by atoms with van der Waals surface area (Å²) in [4.78, 5) is 24.3. The van der Waals surface area contributed by atoms with Crippen molar-refractivity contribution < 1.29 is 23.0 Å². The van der Waals surface area contributed by atoms with Crippen molar-refractivity contribution in [1.82, 2.24) is 15.3 Å². The Hall–Kier alpha value is -3.25. The zero-order valence-corrected chi connectivity index (χ0v) is 23.4. The Bertz CT molecular complexity index is 1430. The first-order valence-corrected chi connectivity index (χ1v) is 15.2. The highest BCUT2D eigenvalue weighted by Gasteiger charge is 2.58. The summed E-state index contributed by atoms with van der Waals surface area (Å²) in [5, 5.41) is 5.75. The molecule has 0 spiro atoms. The van der Waals surface area contributed by atoms with Crippen LogP contribution in [-0.4, -0.2) is 56.9 Å². The highest BCUT2D eigenvalue weighted by atomic mass is 32.3. The molecule has 212 valence electrons. The predicted molar refractivity (Wildman–Crippen MR) is 153 cm³/mol. The Kier molecular flexibility index (Phi) is 6.94. The lowest BCUT2D eigenvalue weighted by atomic mass is 10.1. The zero-order chi connectivity index (χ0) is 28.1. The molecule has 40 heavy (non-hydrogen) atoms. The van der Waals surface area contributed by atoms with Gasteiger partial charge in [-0.3, -0.25) is 9.11 Å². The molecule has 1 aliphatic heterocycles. The van der Waals surface area contributed by atoms with Crippen LogP contribution >= 0.6 is 10.6 Å². The third-order valence-corrected chi connectivity index (χ3v) is 10.6. The summed E-state index contributed by atoms with van der Waals surface area (Å²) >= 11 is 0. The molecule has 4 N–H and O–H groups in total. The maximum Gasteiger partial charge on any atom is 0.319 e. The first-order chi connectivity index (χ1) is 19.2. The Balaban J connectivity index is 1.38. The molecule has 3 fully saturated rings. The molecular weight excluding hydrogens is 533 g/mol. The van der Waals surface area contributed by atoms with E-state index in [-0.39, 0.29) is 23.0 Å². The number of morpholine rings is 1. The van der Waals surface area contributed by atoms with E-state index in [0.717, 1.165) is 18.4 Å². The van der Waals surface area contributed by atoms with Crippen LogP contribution in [0.4, 0.5) is 20.7 Å². The van der Waals surface area contributed by atoms with Gasteiger partial charge in [-0.25, -0.2) is 19.2 Å². The van der Waals surface area contributed by atoms with Crippen molar-refractivity contribution in [3.63, 3.8) is 0 Å². The number of hydrogen-bond donors (Lipinski definition) is 4.